The van der Waals surface area contributed by atoms with Crippen LogP contribution in [-0.4, -0.2) is 66.1 Å². The molecule has 1 aliphatic heterocycles. The molecule has 0 spiro atoms. The van der Waals surface area contributed by atoms with Crippen molar-refractivity contribution in [1.29, 1.82) is 0 Å². The summed E-state index contributed by atoms with van der Waals surface area (Å²) in [6, 6.07) is 11.3. The molecule has 0 aromatic heterocycles. The van der Waals surface area contributed by atoms with Crippen molar-refractivity contribution in [2.45, 2.75) is 39.1 Å². The van der Waals surface area contributed by atoms with E-state index < -0.39 is 30.7 Å². The lowest BCUT2D eigenvalue weighted by Crippen LogP contribution is -2.50. The molecule has 1 fully saturated rings. The van der Waals surface area contributed by atoms with E-state index in [0.29, 0.717) is 39.3 Å². The zero-order valence-electron chi connectivity index (χ0n) is 20.8. The van der Waals surface area contributed by atoms with Crippen LogP contribution >= 0.6 is 23.2 Å². The highest BCUT2D eigenvalue weighted by atomic mass is 35.5. The number of benzene rings is 2. The molecule has 3 rings (SSSR count). The Morgan fingerprint density at radius 3 is 2.34 bits per heavy atom. The van der Waals surface area contributed by atoms with E-state index in [1.807, 2.05) is 4.90 Å². The molecule has 0 bridgehead atoms. The predicted octanol–water partition coefficient (Wildman–Crippen LogP) is 5.12. The third-order valence-electron chi connectivity index (χ3n) is 5.80. The lowest BCUT2D eigenvalue weighted by atomic mass is 9.99. The van der Waals surface area contributed by atoms with E-state index in [1.165, 1.54) is 12.1 Å². The summed E-state index contributed by atoms with van der Waals surface area (Å²) in [6.45, 7) is 4.63. The van der Waals surface area contributed by atoms with Crippen LogP contribution in [0, 0.1) is 5.92 Å². The molecule has 0 radical (unpaired) electrons. The molecule has 1 heterocycles. The van der Waals surface area contributed by atoms with E-state index in [0.717, 1.165) is 5.56 Å². The number of hydrogen-bond acceptors (Lipinski definition) is 6. The van der Waals surface area contributed by atoms with Gasteiger partial charge in [0.15, 0.2) is 5.78 Å². The molecule has 1 unspecified atom stereocenters. The maximum atomic E-state index is 12.9. The smallest absolute Gasteiger partial charge is 0.374 e. The van der Waals surface area contributed by atoms with Gasteiger partial charge in [0, 0.05) is 31.1 Å². The minimum atomic E-state index is -5.29. The van der Waals surface area contributed by atoms with E-state index in [2.05, 4.69) is 4.84 Å². The highest BCUT2D eigenvalue weighted by Gasteiger charge is 2.44. The van der Waals surface area contributed by atoms with Gasteiger partial charge in [-0.3, -0.25) is 14.5 Å². The van der Waals surface area contributed by atoms with Crippen LogP contribution in [0.25, 0.3) is 0 Å². The Morgan fingerprint density at radius 2 is 1.74 bits per heavy atom. The second kappa shape index (κ2) is 12.9. The van der Waals surface area contributed by atoms with Crippen LogP contribution in [0.4, 0.5) is 13.2 Å². The largest absolute Gasteiger partial charge is 0.493 e. The number of alkyl halides is 3. The molecule has 0 N–H and O–H groups in total. The fourth-order valence-electron chi connectivity index (χ4n) is 3.84. The number of ether oxygens (including phenoxy) is 1. The number of morpholine rings is 1. The molecule has 1 aliphatic rings. The second-order valence-corrected chi connectivity index (χ2v) is 10.0. The molecular formula is C26H27Cl2F3N2O5. The van der Waals surface area contributed by atoms with E-state index in [-0.39, 0.29) is 31.3 Å². The van der Waals surface area contributed by atoms with Crippen LogP contribution < -0.4 is 0 Å². The number of hydroxylamine groups is 2. The van der Waals surface area contributed by atoms with E-state index in [9.17, 15) is 27.6 Å². The molecule has 38 heavy (non-hydrogen) atoms. The zero-order valence-corrected chi connectivity index (χ0v) is 22.3. The Balaban J connectivity index is 1.69. The molecule has 7 nitrogen and oxygen atoms in total. The third kappa shape index (κ3) is 8.42. The van der Waals surface area contributed by atoms with E-state index in [1.54, 1.807) is 44.2 Å². The zero-order chi connectivity index (χ0) is 28.0. The monoisotopic (exact) mass is 574 g/mol. The third-order valence-corrected chi connectivity index (χ3v) is 6.54. The van der Waals surface area contributed by atoms with Crippen LogP contribution in [0.5, 0.6) is 0 Å². The van der Waals surface area contributed by atoms with E-state index in [4.69, 9.17) is 27.9 Å². The summed E-state index contributed by atoms with van der Waals surface area (Å²) in [5.41, 5.74) is 1.76. The summed E-state index contributed by atoms with van der Waals surface area (Å²) >= 11 is 12.0. The number of carbonyl (C=O) groups excluding carboxylic acids is 3. The maximum Gasteiger partial charge on any atom is 0.493 e. The Labute approximate surface area is 228 Å². The lowest BCUT2D eigenvalue weighted by molar-refractivity contribution is -0.241. The van der Waals surface area contributed by atoms with Gasteiger partial charge in [0.2, 0.25) is 0 Å². The van der Waals surface area contributed by atoms with Crippen molar-refractivity contribution in [3.05, 3.63) is 69.2 Å². The van der Waals surface area contributed by atoms with E-state index >= 15 is 0 Å². The van der Waals surface area contributed by atoms with Crippen molar-refractivity contribution >= 4 is 40.9 Å². The van der Waals surface area contributed by atoms with Crippen LogP contribution in [0.1, 0.15) is 35.3 Å². The highest BCUT2D eigenvalue weighted by Crippen LogP contribution is 2.24. The summed E-state index contributed by atoms with van der Waals surface area (Å²) in [6.07, 6.45) is -6.35. The standard InChI is InChI=1S/C26H27Cl2F3N2O5/c1-16(2)24(35)19-6-3-17(4-7-19)12-23(34)33(38-25(36)26(29,30)31)15-20-14-32(9-10-37-20)13-18-5-8-21(27)22(28)11-18/h3-8,11,16,20H,9-10,12-15H2,1-2H3. The first kappa shape index (κ1) is 29.9. The molecule has 0 saturated carbocycles. The summed E-state index contributed by atoms with van der Waals surface area (Å²) in [4.78, 5) is 43.1. The molecule has 206 valence electrons. The first-order valence-corrected chi connectivity index (χ1v) is 12.6. The quantitative estimate of drug-likeness (QED) is 0.321. The lowest BCUT2D eigenvalue weighted by Gasteiger charge is -2.35. The Kier molecular flexibility index (Phi) is 10.2. The molecule has 2 aromatic carbocycles. The number of nitrogens with zero attached hydrogens (tertiary/aromatic N) is 2. The first-order valence-electron chi connectivity index (χ1n) is 11.8. The SMILES string of the molecule is CC(C)C(=O)c1ccc(CC(=O)N(CC2CN(Cc3ccc(Cl)c(Cl)c3)CCO2)OC(=O)C(F)(F)F)cc1. The van der Waals surface area contributed by atoms with Gasteiger partial charge in [-0.15, -0.1) is 0 Å². The highest BCUT2D eigenvalue weighted by molar-refractivity contribution is 6.42. The van der Waals surface area contributed by atoms with Crippen molar-refractivity contribution < 1.29 is 37.1 Å². The van der Waals surface area contributed by atoms with Crippen LogP contribution in [0.2, 0.25) is 10.0 Å². The number of amides is 1. The Morgan fingerprint density at radius 1 is 1.08 bits per heavy atom. The van der Waals surface area contributed by atoms with Gasteiger partial charge in [0.25, 0.3) is 5.91 Å². The Bertz CT molecular complexity index is 1160. The number of hydrogen-bond donors (Lipinski definition) is 0. The number of Topliss-reactive ketones (excluding diaryl/α,β-unsaturated/α-hetero) is 1. The van der Waals surface area contributed by atoms with Crippen molar-refractivity contribution in [2.24, 2.45) is 5.92 Å². The van der Waals surface area contributed by atoms with Crippen LogP contribution in [-0.2, 0) is 32.1 Å². The van der Waals surface area contributed by atoms with Crippen LogP contribution in [0.15, 0.2) is 42.5 Å². The normalized spacial score (nSPS) is 16.4. The van der Waals surface area contributed by atoms with Gasteiger partial charge in [-0.2, -0.15) is 18.2 Å². The van der Waals surface area contributed by atoms with Gasteiger partial charge >= 0.3 is 12.1 Å². The fourth-order valence-corrected chi connectivity index (χ4v) is 4.16. The molecule has 1 saturated heterocycles. The predicted molar refractivity (Wildman–Crippen MR) is 135 cm³/mol. The van der Waals surface area contributed by atoms with Gasteiger partial charge < -0.3 is 9.57 Å². The van der Waals surface area contributed by atoms with Gasteiger partial charge in [0.1, 0.15) is 0 Å². The number of ketones is 1. The van der Waals surface area contributed by atoms with Gasteiger partial charge in [-0.1, -0.05) is 67.4 Å². The molecule has 2 aromatic rings. The van der Waals surface area contributed by atoms with Crippen molar-refractivity contribution in [2.75, 3.05) is 26.2 Å². The average Bonchev–Trinajstić information content (AvgIpc) is 2.85. The van der Waals surface area contributed by atoms with Crippen molar-refractivity contribution in [3.8, 4) is 0 Å². The molecule has 1 amide bonds. The molecule has 0 aliphatic carbocycles. The second-order valence-electron chi connectivity index (χ2n) is 9.20. The minimum absolute atomic E-state index is 0.0801. The summed E-state index contributed by atoms with van der Waals surface area (Å²) in [5.74, 6) is -3.67. The Hall–Kier alpha value is -2.66. The summed E-state index contributed by atoms with van der Waals surface area (Å²) < 4.78 is 44.4. The maximum absolute atomic E-state index is 12.9. The first-order chi connectivity index (χ1) is 17.8. The molecular weight excluding hydrogens is 548 g/mol. The van der Waals surface area contributed by atoms with Gasteiger partial charge in [-0.05, 0) is 23.3 Å². The average molecular weight is 575 g/mol. The number of rotatable bonds is 8. The summed E-state index contributed by atoms with van der Waals surface area (Å²) in [5, 5.41) is 1.21. The van der Waals surface area contributed by atoms with Crippen molar-refractivity contribution in [1.82, 2.24) is 9.96 Å². The summed E-state index contributed by atoms with van der Waals surface area (Å²) in [7, 11) is 0. The number of carbonyl (C=O) groups is 3. The number of halogens is 5. The minimum Gasteiger partial charge on any atom is -0.374 e. The van der Waals surface area contributed by atoms with Gasteiger partial charge in [0.05, 0.1) is 35.7 Å². The van der Waals surface area contributed by atoms with Gasteiger partial charge in [-0.25, -0.2) is 4.79 Å². The topological polar surface area (TPSA) is 76.2 Å². The van der Waals surface area contributed by atoms with Crippen LogP contribution in [0.3, 0.4) is 0 Å². The van der Waals surface area contributed by atoms with Crippen molar-refractivity contribution in [3.63, 3.8) is 0 Å². The molecule has 12 heteroatoms. The molecule has 1 atom stereocenters. The fraction of sp³-hybridized carbons (Fsp3) is 0.423.